The Hall–Kier alpha value is -3.59. The summed E-state index contributed by atoms with van der Waals surface area (Å²) in [6.07, 6.45) is 2.22. The Labute approximate surface area is 176 Å². The van der Waals surface area contributed by atoms with E-state index >= 15 is 0 Å². The van der Waals surface area contributed by atoms with E-state index in [0.29, 0.717) is 24.3 Å². The average molecular weight is 407 g/mol. The van der Waals surface area contributed by atoms with Crippen molar-refractivity contribution >= 4 is 18.0 Å². The van der Waals surface area contributed by atoms with Gasteiger partial charge in [0.25, 0.3) is 0 Å². The number of carbonyl (C=O) groups excluding carboxylic acids is 2. The van der Waals surface area contributed by atoms with Crippen LogP contribution in [0, 0.1) is 18.3 Å². The van der Waals surface area contributed by atoms with Crippen molar-refractivity contribution in [2.75, 3.05) is 13.2 Å². The van der Waals surface area contributed by atoms with E-state index in [1.54, 1.807) is 25.1 Å². The quantitative estimate of drug-likeness (QED) is 0.265. The van der Waals surface area contributed by atoms with Crippen LogP contribution < -0.4 is 9.47 Å². The number of ether oxygens (including phenoxy) is 3. The monoisotopic (exact) mass is 407 g/mol. The van der Waals surface area contributed by atoms with Crippen LogP contribution in [0.2, 0.25) is 0 Å². The lowest BCUT2D eigenvalue weighted by molar-refractivity contribution is -0.138. The van der Waals surface area contributed by atoms with Crippen LogP contribution in [0.5, 0.6) is 11.5 Å². The summed E-state index contributed by atoms with van der Waals surface area (Å²) in [5.74, 6) is -0.415. The van der Waals surface area contributed by atoms with Crippen LogP contribution in [0.4, 0.5) is 0 Å². The highest BCUT2D eigenvalue weighted by Crippen LogP contribution is 2.30. The lowest BCUT2D eigenvalue weighted by Gasteiger charge is -2.12. The molecule has 0 spiro atoms. The zero-order valence-electron chi connectivity index (χ0n) is 17.4. The molecule has 0 saturated heterocycles. The molecule has 0 atom stereocenters. The predicted molar refractivity (Wildman–Crippen MR) is 113 cm³/mol. The molecule has 0 amide bonds. The van der Waals surface area contributed by atoms with Gasteiger partial charge in [-0.2, -0.15) is 5.26 Å². The highest BCUT2D eigenvalue weighted by Gasteiger charge is 2.14. The SMILES string of the molecule is CCOC(=O)/C(C#N)=C/c1ccc(OC(=O)CCc2ccc(C)cc2)c(OCC)c1. The van der Waals surface area contributed by atoms with Gasteiger partial charge in [0, 0.05) is 6.42 Å². The molecule has 0 saturated carbocycles. The summed E-state index contributed by atoms with van der Waals surface area (Å²) < 4.78 is 15.9. The molecule has 0 radical (unpaired) electrons. The second-order valence-electron chi connectivity index (χ2n) is 6.49. The summed E-state index contributed by atoms with van der Waals surface area (Å²) in [4.78, 5) is 24.1. The van der Waals surface area contributed by atoms with Crippen molar-refractivity contribution in [3.8, 4) is 17.6 Å². The van der Waals surface area contributed by atoms with Gasteiger partial charge in [-0.15, -0.1) is 0 Å². The van der Waals surface area contributed by atoms with Gasteiger partial charge in [-0.3, -0.25) is 4.79 Å². The van der Waals surface area contributed by atoms with Crippen LogP contribution in [0.1, 0.15) is 37.0 Å². The molecule has 2 aromatic carbocycles. The number of hydrogen-bond donors (Lipinski definition) is 0. The maximum Gasteiger partial charge on any atom is 0.348 e. The second kappa shape index (κ2) is 11.4. The summed E-state index contributed by atoms with van der Waals surface area (Å²) in [7, 11) is 0. The number of nitrogens with zero attached hydrogens (tertiary/aromatic N) is 1. The minimum absolute atomic E-state index is 0.123. The molecule has 0 fully saturated rings. The number of esters is 2. The summed E-state index contributed by atoms with van der Waals surface area (Å²) in [5, 5.41) is 9.18. The molecule has 0 aliphatic heterocycles. The van der Waals surface area contributed by atoms with Gasteiger partial charge >= 0.3 is 11.9 Å². The van der Waals surface area contributed by atoms with Crippen LogP contribution in [-0.4, -0.2) is 25.2 Å². The smallest absolute Gasteiger partial charge is 0.348 e. The van der Waals surface area contributed by atoms with E-state index < -0.39 is 5.97 Å². The van der Waals surface area contributed by atoms with Crippen LogP contribution in [0.3, 0.4) is 0 Å². The van der Waals surface area contributed by atoms with Crippen molar-refractivity contribution in [2.45, 2.75) is 33.6 Å². The summed E-state index contributed by atoms with van der Waals surface area (Å²) in [5.41, 5.74) is 2.66. The molecule has 2 rings (SSSR count). The first kappa shape index (κ1) is 22.7. The minimum Gasteiger partial charge on any atom is -0.490 e. The third kappa shape index (κ3) is 6.78. The Morgan fingerprint density at radius 2 is 1.77 bits per heavy atom. The van der Waals surface area contributed by atoms with E-state index in [2.05, 4.69) is 0 Å². The van der Waals surface area contributed by atoms with Gasteiger partial charge in [0.1, 0.15) is 11.6 Å². The average Bonchev–Trinajstić information content (AvgIpc) is 2.73. The zero-order chi connectivity index (χ0) is 21.9. The van der Waals surface area contributed by atoms with Gasteiger partial charge in [0.2, 0.25) is 0 Å². The molecule has 0 aliphatic rings. The summed E-state index contributed by atoms with van der Waals surface area (Å²) in [6, 6.07) is 14.7. The normalized spacial score (nSPS) is 10.8. The molecule has 6 heteroatoms. The first-order chi connectivity index (χ1) is 14.5. The van der Waals surface area contributed by atoms with Gasteiger partial charge in [0.05, 0.1) is 13.2 Å². The van der Waals surface area contributed by atoms with Gasteiger partial charge in [0.15, 0.2) is 11.5 Å². The number of benzene rings is 2. The molecule has 0 heterocycles. The van der Waals surface area contributed by atoms with Crippen molar-refractivity contribution < 1.29 is 23.8 Å². The van der Waals surface area contributed by atoms with Crippen molar-refractivity contribution in [2.24, 2.45) is 0 Å². The third-order valence-corrected chi connectivity index (χ3v) is 4.16. The Kier molecular flexibility index (Phi) is 8.64. The minimum atomic E-state index is -0.690. The molecule has 156 valence electrons. The first-order valence-corrected chi connectivity index (χ1v) is 9.78. The van der Waals surface area contributed by atoms with E-state index in [0.717, 1.165) is 5.56 Å². The van der Waals surface area contributed by atoms with Crippen molar-refractivity contribution in [3.05, 3.63) is 64.7 Å². The second-order valence-corrected chi connectivity index (χ2v) is 6.49. The fourth-order valence-electron chi connectivity index (χ4n) is 2.65. The largest absolute Gasteiger partial charge is 0.490 e. The molecule has 0 aromatic heterocycles. The fourth-order valence-corrected chi connectivity index (χ4v) is 2.65. The Bertz CT molecular complexity index is 955. The molecule has 6 nitrogen and oxygen atoms in total. The first-order valence-electron chi connectivity index (χ1n) is 9.78. The molecule has 2 aromatic rings. The number of nitriles is 1. The van der Waals surface area contributed by atoms with Crippen molar-refractivity contribution in [1.29, 1.82) is 5.26 Å². The van der Waals surface area contributed by atoms with Crippen LogP contribution in [0.25, 0.3) is 6.08 Å². The third-order valence-electron chi connectivity index (χ3n) is 4.16. The Morgan fingerprint density at radius 3 is 2.40 bits per heavy atom. The van der Waals surface area contributed by atoms with E-state index in [9.17, 15) is 14.9 Å². The van der Waals surface area contributed by atoms with Gasteiger partial charge < -0.3 is 14.2 Å². The lowest BCUT2D eigenvalue weighted by atomic mass is 10.1. The number of rotatable bonds is 9. The topological polar surface area (TPSA) is 85.6 Å². The summed E-state index contributed by atoms with van der Waals surface area (Å²) in [6.45, 7) is 6.04. The van der Waals surface area contributed by atoms with Gasteiger partial charge in [-0.1, -0.05) is 35.9 Å². The maximum atomic E-state index is 12.3. The molecular formula is C24H25NO5. The number of carbonyl (C=O) groups is 2. The highest BCUT2D eigenvalue weighted by molar-refractivity contribution is 5.98. The Balaban J connectivity index is 2.12. The van der Waals surface area contributed by atoms with Crippen LogP contribution in [-0.2, 0) is 20.7 Å². The van der Waals surface area contributed by atoms with Crippen molar-refractivity contribution in [1.82, 2.24) is 0 Å². The molecular weight excluding hydrogens is 382 g/mol. The Morgan fingerprint density at radius 1 is 1.03 bits per heavy atom. The van der Waals surface area contributed by atoms with Crippen LogP contribution in [0.15, 0.2) is 48.0 Å². The predicted octanol–water partition coefficient (Wildman–Crippen LogP) is 4.40. The van der Waals surface area contributed by atoms with E-state index in [4.69, 9.17) is 14.2 Å². The maximum absolute atomic E-state index is 12.3. The molecule has 30 heavy (non-hydrogen) atoms. The van der Waals surface area contributed by atoms with Gasteiger partial charge in [-0.05, 0) is 56.5 Å². The van der Waals surface area contributed by atoms with E-state index in [-0.39, 0.29) is 30.3 Å². The molecule has 0 bridgehead atoms. The molecule has 0 unspecified atom stereocenters. The summed E-state index contributed by atoms with van der Waals surface area (Å²) >= 11 is 0. The molecule has 0 N–H and O–H groups in total. The van der Waals surface area contributed by atoms with E-state index in [1.165, 1.54) is 11.6 Å². The standard InChI is InChI=1S/C24H25NO5/c1-4-28-22-15-19(14-20(16-25)24(27)29-5-2)10-12-21(22)30-23(26)13-11-18-8-6-17(3)7-9-18/h6-10,12,14-15H,4-5,11,13H2,1-3H3/b20-14+. The molecule has 0 aliphatic carbocycles. The van der Waals surface area contributed by atoms with Crippen LogP contribution >= 0.6 is 0 Å². The van der Waals surface area contributed by atoms with Gasteiger partial charge in [-0.25, -0.2) is 4.79 Å². The number of aryl methyl sites for hydroxylation is 2. The zero-order valence-corrected chi connectivity index (χ0v) is 17.4. The fraction of sp³-hybridized carbons (Fsp3) is 0.292. The lowest BCUT2D eigenvalue weighted by Crippen LogP contribution is -2.10. The van der Waals surface area contributed by atoms with Crippen molar-refractivity contribution in [3.63, 3.8) is 0 Å². The highest BCUT2D eigenvalue weighted by atomic mass is 16.6. The van der Waals surface area contributed by atoms with E-state index in [1.807, 2.05) is 44.2 Å². The number of hydrogen-bond acceptors (Lipinski definition) is 6.